The maximum Gasteiger partial charge on any atom is 0.259 e. The highest BCUT2D eigenvalue weighted by Gasteiger charge is 2.37. The molecule has 2 aliphatic carbocycles. The van der Waals surface area contributed by atoms with Crippen molar-refractivity contribution in [2.24, 2.45) is 13.0 Å². The first-order valence-electron chi connectivity index (χ1n) is 18.7. The number of rotatable bonds is 7. The summed E-state index contributed by atoms with van der Waals surface area (Å²) in [6.45, 7) is 2.59. The van der Waals surface area contributed by atoms with Crippen molar-refractivity contribution in [2.45, 2.75) is 76.4 Å². The average Bonchev–Trinajstić information content (AvgIpc) is 3.94. The van der Waals surface area contributed by atoms with Crippen LogP contribution in [0.4, 0.5) is 0 Å². The normalized spacial score (nSPS) is 19.6. The molecule has 4 heterocycles. The number of benzene rings is 2. The van der Waals surface area contributed by atoms with Gasteiger partial charge in [-0.2, -0.15) is 0 Å². The highest BCUT2D eigenvalue weighted by molar-refractivity contribution is 6.02. The predicted molar refractivity (Wildman–Crippen MR) is 201 cm³/mol. The number of ether oxygens (including phenoxy) is 2. The van der Waals surface area contributed by atoms with Gasteiger partial charge >= 0.3 is 0 Å². The lowest BCUT2D eigenvalue weighted by Gasteiger charge is -2.37. The molecule has 10 heteroatoms. The Morgan fingerprint density at radius 3 is 2.36 bits per heavy atom. The largest absolute Gasteiger partial charge is 0.496 e. The molecule has 272 valence electrons. The SMILES string of the molecule is COc1cc(-c2cn(C)c(=O)c3cnc(C4CC4)cc23)cc(OC)c1CN1CC(C#Cc2ccc3c(c2)CN(C2CCC(=O)CCCCC2=O)C3=O)C1. The van der Waals surface area contributed by atoms with Gasteiger partial charge in [-0.15, -0.1) is 0 Å². The van der Waals surface area contributed by atoms with E-state index in [0.717, 1.165) is 82.7 Å². The van der Waals surface area contributed by atoms with Gasteiger partial charge in [-0.3, -0.25) is 29.1 Å². The maximum absolute atomic E-state index is 13.3. The van der Waals surface area contributed by atoms with E-state index in [0.29, 0.717) is 62.1 Å². The van der Waals surface area contributed by atoms with Gasteiger partial charge in [0.25, 0.3) is 11.5 Å². The van der Waals surface area contributed by atoms with Gasteiger partial charge in [0.05, 0.1) is 31.2 Å². The van der Waals surface area contributed by atoms with Crippen LogP contribution in [0.25, 0.3) is 21.9 Å². The second-order valence-electron chi connectivity index (χ2n) is 15.0. The number of aromatic nitrogens is 2. The number of ketones is 2. The van der Waals surface area contributed by atoms with E-state index in [1.807, 2.05) is 36.5 Å². The van der Waals surface area contributed by atoms with Crippen LogP contribution in [-0.4, -0.2) is 70.2 Å². The van der Waals surface area contributed by atoms with E-state index in [4.69, 9.17) is 9.47 Å². The van der Waals surface area contributed by atoms with Crippen LogP contribution in [0, 0.1) is 17.8 Å². The van der Waals surface area contributed by atoms with Crippen molar-refractivity contribution < 1.29 is 23.9 Å². The van der Waals surface area contributed by atoms with Gasteiger partial charge in [0.1, 0.15) is 17.3 Å². The molecular weight excluding hydrogens is 668 g/mol. The molecule has 0 radical (unpaired) electrons. The quantitative estimate of drug-likeness (QED) is 0.222. The molecule has 1 saturated heterocycles. The summed E-state index contributed by atoms with van der Waals surface area (Å²) in [5, 5.41) is 1.48. The van der Waals surface area contributed by atoms with Crippen LogP contribution in [-0.2, 0) is 29.7 Å². The zero-order chi connectivity index (χ0) is 36.8. The van der Waals surface area contributed by atoms with E-state index < -0.39 is 6.04 Å². The van der Waals surface area contributed by atoms with Crippen LogP contribution >= 0.6 is 0 Å². The molecule has 0 N–H and O–H groups in total. The van der Waals surface area contributed by atoms with Gasteiger partial charge in [-0.25, -0.2) is 0 Å². The zero-order valence-corrected chi connectivity index (χ0v) is 30.6. The van der Waals surface area contributed by atoms with E-state index in [9.17, 15) is 19.2 Å². The van der Waals surface area contributed by atoms with Gasteiger partial charge in [-0.1, -0.05) is 11.8 Å². The van der Waals surface area contributed by atoms with Gasteiger partial charge in [-0.05, 0) is 85.0 Å². The minimum absolute atomic E-state index is 0.0551. The summed E-state index contributed by atoms with van der Waals surface area (Å²) < 4.78 is 13.5. The van der Waals surface area contributed by atoms with E-state index >= 15 is 0 Å². The molecule has 2 aromatic carbocycles. The van der Waals surface area contributed by atoms with Gasteiger partial charge in [0, 0.05) is 99.1 Å². The summed E-state index contributed by atoms with van der Waals surface area (Å²) in [6.07, 6.45) is 8.94. The number of nitrogens with zero attached hydrogens (tertiary/aromatic N) is 4. The lowest BCUT2D eigenvalue weighted by atomic mass is 9.96. The Labute approximate surface area is 309 Å². The fourth-order valence-electron chi connectivity index (χ4n) is 8.08. The van der Waals surface area contributed by atoms with Crippen LogP contribution in [0.1, 0.15) is 90.0 Å². The van der Waals surface area contributed by atoms with Crippen molar-refractivity contribution in [3.8, 4) is 34.5 Å². The third-order valence-electron chi connectivity index (χ3n) is 11.3. The Morgan fingerprint density at radius 2 is 1.62 bits per heavy atom. The number of amides is 1. The second kappa shape index (κ2) is 14.3. The van der Waals surface area contributed by atoms with Crippen LogP contribution < -0.4 is 15.0 Å². The molecule has 2 saturated carbocycles. The van der Waals surface area contributed by atoms with Crippen molar-refractivity contribution in [1.29, 1.82) is 0 Å². The van der Waals surface area contributed by atoms with E-state index in [1.165, 1.54) is 0 Å². The molecule has 1 atom stereocenters. The lowest BCUT2D eigenvalue weighted by Crippen LogP contribution is -2.45. The summed E-state index contributed by atoms with van der Waals surface area (Å²) in [5.74, 6) is 8.92. The minimum Gasteiger partial charge on any atom is -0.496 e. The number of pyridine rings is 2. The third kappa shape index (κ3) is 6.86. The average molecular weight is 713 g/mol. The van der Waals surface area contributed by atoms with E-state index in [2.05, 4.69) is 27.8 Å². The monoisotopic (exact) mass is 712 g/mol. The fourth-order valence-corrected chi connectivity index (χ4v) is 8.08. The number of carbonyl (C=O) groups is 3. The first kappa shape index (κ1) is 34.8. The molecular formula is C43H44N4O6. The highest BCUT2D eigenvalue weighted by Crippen LogP contribution is 2.42. The number of hydrogen-bond acceptors (Lipinski definition) is 8. The summed E-state index contributed by atoms with van der Waals surface area (Å²) in [5.41, 5.74) is 6.08. The summed E-state index contributed by atoms with van der Waals surface area (Å²) >= 11 is 0. The molecule has 0 spiro atoms. The maximum atomic E-state index is 13.3. The third-order valence-corrected chi connectivity index (χ3v) is 11.3. The molecule has 0 bridgehead atoms. The number of fused-ring (bicyclic) bond motifs is 2. The van der Waals surface area contributed by atoms with E-state index in [1.54, 1.807) is 36.9 Å². The molecule has 10 nitrogen and oxygen atoms in total. The van der Waals surface area contributed by atoms with Crippen molar-refractivity contribution in [1.82, 2.24) is 19.4 Å². The van der Waals surface area contributed by atoms with Crippen molar-refractivity contribution in [3.05, 3.63) is 87.1 Å². The number of likely N-dealkylation sites (tertiary alicyclic amines) is 1. The van der Waals surface area contributed by atoms with Crippen molar-refractivity contribution >= 4 is 28.2 Å². The molecule has 2 aliphatic heterocycles. The Hall–Kier alpha value is -5.27. The Balaban J connectivity index is 0.955. The topological polar surface area (TPSA) is 111 Å². The highest BCUT2D eigenvalue weighted by atomic mass is 16.5. The van der Waals surface area contributed by atoms with Gasteiger partial charge in [0.15, 0.2) is 5.78 Å². The molecule has 4 aromatic rings. The Kier molecular flexibility index (Phi) is 9.37. The predicted octanol–water partition coefficient (Wildman–Crippen LogP) is 5.80. The first-order chi connectivity index (χ1) is 25.7. The number of carbonyl (C=O) groups excluding carboxylic acids is 3. The summed E-state index contributed by atoms with van der Waals surface area (Å²) in [6, 6.07) is 11.2. The van der Waals surface area contributed by atoms with Crippen LogP contribution in [0.5, 0.6) is 11.5 Å². The molecule has 8 rings (SSSR count). The summed E-state index contributed by atoms with van der Waals surface area (Å²) in [4.78, 5) is 60.2. The molecule has 2 aromatic heterocycles. The zero-order valence-electron chi connectivity index (χ0n) is 30.6. The van der Waals surface area contributed by atoms with Crippen LogP contribution in [0.15, 0.2) is 53.6 Å². The van der Waals surface area contributed by atoms with Gasteiger partial charge < -0.3 is 18.9 Å². The number of aryl methyl sites for hydroxylation is 1. The number of methoxy groups -OCH3 is 2. The van der Waals surface area contributed by atoms with Crippen LogP contribution in [0.3, 0.4) is 0 Å². The van der Waals surface area contributed by atoms with Crippen molar-refractivity contribution in [3.63, 3.8) is 0 Å². The second-order valence-corrected chi connectivity index (χ2v) is 15.0. The Morgan fingerprint density at radius 1 is 0.868 bits per heavy atom. The van der Waals surface area contributed by atoms with Crippen molar-refractivity contribution in [2.75, 3.05) is 27.3 Å². The van der Waals surface area contributed by atoms with E-state index in [-0.39, 0.29) is 29.0 Å². The molecule has 53 heavy (non-hydrogen) atoms. The molecule has 1 unspecified atom stereocenters. The molecule has 4 aliphatic rings. The Bertz CT molecular complexity index is 2250. The first-order valence-corrected chi connectivity index (χ1v) is 18.7. The van der Waals surface area contributed by atoms with Crippen LogP contribution in [0.2, 0.25) is 0 Å². The summed E-state index contributed by atoms with van der Waals surface area (Å²) in [7, 11) is 5.10. The van der Waals surface area contributed by atoms with Gasteiger partial charge in [0.2, 0.25) is 0 Å². The number of Topliss-reactive ketones (excluding diaryl/α,β-unsaturated/α-hetero) is 2. The molecule has 3 fully saturated rings. The minimum atomic E-state index is -0.549. The molecule has 1 amide bonds. The fraction of sp³-hybridized carbons (Fsp3) is 0.419. The standard InChI is InChI=1S/C43H44N4O6/c1-45-24-35(33-19-37(28-11-12-28)44-20-34(33)42(45)50)29-17-40(52-2)36(41(18-29)53-3)25-46-21-27(22-46)9-8-26-10-14-32-30(16-26)23-47(43(32)51)38-15-13-31(48)6-4-5-7-39(38)49/h10,14,16-20,24,27-28,38H,4-7,11-13,15,21-23,25H2,1-3H3. The number of hydrogen-bond donors (Lipinski definition) is 0. The smallest absolute Gasteiger partial charge is 0.259 e. The lowest BCUT2D eigenvalue weighted by molar-refractivity contribution is -0.124.